The van der Waals surface area contributed by atoms with Crippen LogP contribution < -0.4 is 20.5 Å². The van der Waals surface area contributed by atoms with Crippen LogP contribution in [0.25, 0.3) is 6.08 Å². The molecule has 0 aliphatic carbocycles. The molecule has 0 atom stereocenters. The highest BCUT2D eigenvalue weighted by Gasteiger charge is 2.36. The Morgan fingerprint density at radius 3 is 2.32 bits per heavy atom. The molecule has 0 saturated carbocycles. The van der Waals surface area contributed by atoms with Crippen LogP contribution in [0.3, 0.4) is 0 Å². The number of hydrogen-bond donors (Lipinski definition) is 2. The van der Waals surface area contributed by atoms with Gasteiger partial charge in [-0.25, -0.2) is 0 Å². The van der Waals surface area contributed by atoms with Gasteiger partial charge < -0.3 is 20.5 Å². The van der Waals surface area contributed by atoms with Crippen LogP contribution in [0.1, 0.15) is 5.56 Å². The van der Waals surface area contributed by atoms with Gasteiger partial charge in [0.25, 0.3) is 17.1 Å². The third-order valence-electron chi connectivity index (χ3n) is 4.11. The lowest BCUT2D eigenvalue weighted by molar-refractivity contribution is -0.127. The summed E-state index contributed by atoms with van der Waals surface area (Å²) < 4.78 is 10.2. The fraction of sp³-hybridized carbons (Fsp3) is 0.143. The highest BCUT2D eigenvalue weighted by molar-refractivity contribution is 8.18. The molecule has 1 aliphatic rings. The minimum absolute atomic E-state index is 0.202. The van der Waals surface area contributed by atoms with E-state index in [-0.39, 0.29) is 11.5 Å². The number of primary amides is 1. The van der Waals surface area contributed by atoms with Gasteiger partial charge in [-0.1, -0.05) is 12.1 Å². The lowest BCUT2D eigenvalue weighted by Crippen LogP contribution is -2.36. The van der Waals surface area contributed by atoms with Crippen molar-refractivity contribution in [1.82, 2.24) is 4.90 Å². The van der Waals surface area contributed by atoms with Crippen LogP contribution in [0.2, 0.25) is 0 Å². The van der Waals surface area contributed by atoms with Crippen molar-refractivity contribution in [2.24, 2.45) is 5.73 Å². The quantitative estimate of drug-likeness (QED) is 0.601. The number of imide groups is 1. The highest BCUT2D eigenvalue weighted by Crippen LogP contribution is 2.32. The molecular weight excluding hydrogens is 422 g/mol. The molecule has 160 valence electrons. The maximum atomic E-state index is 12.6. The van der Waals surface area contributed by atoms with Gasteiger partial charge in [0.15, 0.2) is 6.61 Å². The van der Waals surface area contributed by atoms with Crippen molar-refractivity contribution >= 4 is 46.5 Å². The fourth-order valence-electron chi connectivity index (χ4n) is 2.62. The van der Waals surface area contributed by atoms with Gasteiger partial charge in [-0.15, -0.1) is 0 Å². The summed E-state index contributed by atoms with van der Waals surface area (Å²) in [6.45, 7) is -0.634. The number of thioether (sulfide) groups is 1. The van der Waals surface area contributed by atoms with E-state index in [0.29, 0.717) is 22.7 Å². The number of nitrogens with two attached hydrogens (primary N) is 1. The van der Waals surface area contributed by atoms with Crippen LogP contribution in [0.15, 0.2) is 53.4 Å². The van der Waals surface area contributed by atoms with Crippen LogP contribution in [-0.2, 0) is 14.4 Å². The summed E-state index contributed by atoms with van der Waals surface area (Å²) in [5, 5.41) is 2.11. The number of benzene rings is 2. The molecular formula is C21H19N3O6S. The van der Waals surface area contributed by atoms with Crippen LogP contribution in [0.5, 0.6) is 11.5 Å². The smallest absolute Gasteiger partial charge is 0.294 e. The largest absolute Gasteiger partial charge is 0.497 e. The number of carbonyl (C=O) groups is 4. The average Bonchev–Trinajstić information content (AvgIpc) is 3.01. The first-order valence-corrected chi connectivity index (χ1v) is 9.88. The van der Waals surface area contributed by atoms with Gasteiger partial charge in [0.1, 0.15) is 18.0 Å². The number of rotatable bonds is 8. The molecule has 2 aromatic carbocycles. The number of carbonyl (C=O) groups excluding carboxylic acids is 4. The Labute approximate surface area is 182 Å². The molecule has 1 saturated heterocycles. The van der Waals surface area contributed by atoms with Gasteiger partial charge in [-0.3, -0.25) is 24.1 Å². The van der Waals surface area contributed by atoms with Crippen molar-refractivity contribution in [1.29, 1.82) is 0 Å². The molecule has 0 bridgehead atoms. The third-order valence-corrected chi connectivity index (χ3v) is 5.02. The van der Waals surface area contributed by atoms with Crippen LogP contribution in [0.4, 0.5) is 10.5 Å². The summed E-state index contributed by atoms with van der Waals surface area (Å²) >= 11 is 0.758. The second-order valence-corrected chi connectivity index (χ2v) is 7.36. The van der Waals surface area contributed by atoms with Crippen LogP contribution in [0, 0.1) is 0 Å². The average molecular weight is 441 g/mol. The van der Waals surface area contributed by atoms with Crippen molar-refractivity contribution in [3.05, 3.63) is 59.0 Å². The Morgan fingerprint density at radius 2 is 1.71 bits per heavy atom. The monoisotopic (exact) mass is 441 g/mol. The molecule has 3 rings (SSSR count). The zero-order valence-electron chi connectivity index (χ0n) is 16.5. The predicted octanol–water partition coefficient (Wildman–Crippen LogP) is 2.23. The van der Waals surface area contributed by atoms with Crippen molar-refractivity contribution in [3.63, 3.8) is 0 Å². The lowest BCUT2D eigenvalue weighted by Gasteiger charge is -2.12. The number of nitrogens with zero attached hydrogens (tertiary/aromatic N) is 1. The molecule has 2 aromatic rings. The van der Waals surface area contributed by atoms with Crippen LogP contribution in [-0.4, -0.2) is 48.1 Å². The van der Waals surface area contributed by atoms with Crippen molar-refractivity contribution in [2.75, 3.05) is 25.6 Å². The summed E-state index contributed by atoms with van der Waals surface area (Å²) in [6.07, 6.45) is 1.55. The molecule has 3 N–H and O–H groups in total. The SMILES string of the molecule is COc1ccc(NC(=O)CN2C(=O)S/C(=C\c3ccc(OCC(N)=O)cc3)C2=O)cc1. The standard InChI is InChI=1S/C21H19N3O6S/c1-29-15-8-4-14(5-9-15)23-19(26)11-24-20(27)17(31-21(24)28)10-13-2-6-16(7-3-13)30-12-18(22)25/h2-10H,11-12H2,1H3,(H2,22,25)(H,23,26)/b17-10-. The van der Waals surface area contributed by atoms with E-state index in [0.717, 1.165) is 16.7 Å². The first kappa shape index (κ1) is 21.9. The topological polar surface area (TPSA) is 128 Å². The van der Waals surface area contributed by atoms with Gasteiger partial charge in [0, 0.05) is 5.69 Å². The first-order valence-electron chi connectivity index (χ1n) is 9.06. The van der Waals surface area contributed by atoms with E-state index in [1.165, 1.54) is 7.11 Å². The normalized spacial score (nSPS) is 14.6. The Hall–Kier alpha value is -3.79. The molecule has 31 heavy (non-hydrogen) atoms. The van der Waals surface area contributed by atoms with Gasteiger partial charge >= 0.3 is 0 Å². The fourth-order valence-corrected chi connectivity index (χ4v) is 3.46. The number of hydrogen-bond acceptors (Lipinski definition) is 7. The number of anilines is 1. The molecule has 1 heterocycles. The summed E-state index contributed by atoms with van der Waals surface area (Å²) in [6, 6.07) is 13.2. The predicted molar refractivity (Wildman–Crippen MR) is 115 cm³/mol. The summed E-state index contributed by atoms with van der Waals surface area (Å²) in [7, 11) is 1.53. The summed E-state index contributed by atoms with van der Waals surface area (Å²) in [5.41, 5.74) is 6.20. The van der Waals surface area contributed by atoms with E-state index in [2.05, 4.69) is 5.32 Å². The molecule has 0 unspecified atom stereocenters. The minimum Gasteiger partial charge on any atom is -0.497 e. The maximum Gasteiger partial charge on any atom is 0.294 e. The van der Waals surface area contributed by atoms with Gasteiger partial charge in [0.05, 0.1) is 12.0 Å². The van der Waals surface area contributed by atoms with E-state index in [4.69, 9.17) is 15.2 Å². The first-order chi connectivity index (χ1) is 14.9. The van der Waals surface area contributed by atoms with E-state index in [1.807, 2.05) is 0 Å². The molecule has 1 aliphatic heterocycles. The molecule has 10 heteroatoms. The Balaban J connectivity index is 1.61. The summed E-state index contributed by atoms with van der Waals surface area (Å²) in [4.78, 5) is 48.9. The Kier molecular flexibility index (Phi) is 6.93. The van der Waals surface area contributed by atoms with E-state index in [1.54, 1.807) is 54.6 Å². The van der Waals surface area contributed by atoms with E-state index >= 15 is 0 Å². The van der Waals surface area contributed by atoms with E-state index < -0.39 is 29.5 Å². The van der Waals surface area contributed by atoms with Crippen LogP contribution >= 0.6 is 11.8 Å². The second kappa shape index (κ2) is 9.81. The summed E-state index contributed by atoms with van der Waals surface area (Å²) in [5.74, 6) is -0.548. The zero-order valence-corrected chi connectivity index (χ0v) is 17.3. The number of ether oxygens (including phenoxy) is 2. The number of methoxy groups -OCH3 is 1. The Morgan fingerprint density at radius 1 is 1.06 bits per heavy atom. The Bertz CT molecular complexity index is 1030. The van der Waals surface area contributed by atoms with Gasteiger partial charge in [0.2, 0.25) is 5.91 Å². The van der Waals surface area contributed by atoms with E-state index in [9.17, 15) is 19.2 Å². The third kappa shape index (κ3) is 5.86. The molecule has 0 spiro atoms. The van der Waals surface area contributed by atoms with Gasteiger partial charge in [-0.05, 0) is 59.8 Å². The molecule has 1 fully saturated rings. The highest BCUT2D eigenvalue weighted by atomic mass is 32.2. The van der Waals surface area contributed by atoms with Gasteiger partial charge in [-0.2, -0.15) is 0 Å². The van der Waals surface area contributed by atoms with Crippen molar-refractivity contribution < 1.29 is 28.7 Å². The molecule has 9 nitrogen and oxygen atoms in total. The molecule has 0 aromatic heterocycles. The maximum absolute atomic E-state index is 12.6. The second-order valence-electron chi connectivity index (χ2n) is 6.37. The lowest BCUT2D eigenvalue weighted by atomic mass is 10.2. The molecule has 4 amide bonds. The van der Waals surface area contributed by atoms with Crippen molar-refractivity contribution in [3.8, 4) is 11.5 Å². The number of nitrogens with one attached hydrogen (secondary N) is 1. The number of amides is 4. The van der Waals surface area contributed by atoms with Crippen molar-refractivity contribution in [2.45, 2.75) is 0 Å². The molecule has 0 radical (unpaired) electrons. The zero-order chi connectivity index (χ0) is 22.4. The minimum atomic E-state index is -0.589.